The second kappa shape index (κ2) is 7.28. The van der Waals surface area contributed by atoms with Gasteiger partial charge in [-0.15, -0.1) is 11.3 Å². The number of carbonyl (C=O) groups excluding carboxylic acids is 1. The number of pyridine rings is 1. The third-order valence-corrected chi connectivity index (χ3v) is 5.35. The van der Waals surface area contributed by atoms with Crippen molar-refractivity contribution in [2.24, 2.45) is 0 Å². The van der Waals surface area contributed by atoms with Gasteiger partial charge >= 0.3 is 0 Å². The third-order valence-electron chi connectivity index (χ3n) is 4.49. The highest BCUT2D eigenvalue weighted by Crippen LogP contribution is 2.37. The van der Waals surface area contributed by atoms with E-state index in [1.165, 1.54) is 0 Å². The Balaban J connectivity index is 1.68. The number of aromatic nitrogens is 1. The minimum atomic E-state index is -0.353. The number of ether oxygens (including phenoxy) is 2. The molecule has 0 bridgehead atoms. The molecule has 2 aromatic heterocycles. The number of rotatable bonds is 6. The van der Waals surface area contributed by atoms with Crippen LogP contribution in [0.2, 0.25) is 0 Å². The number of nitrogens with zero attached hydrogens (tertiary/aromatic N) is 2. The SMILES string of the molecule is COc1ccc(NC2c3ncccc3C(=O)N2Cc2cccs2)cc1OC. The van der Waals surface area contributed by atoms with Crippen LogP contribution in [-0.4, -0.2) is 30.0 Å². The molecule has 7 heteroatoms. The first kappa shape index (κ1) is 17.4. The van der Waals surface area contributed by atoms with Crippen LogP contribution in [0.4, 0.5) is 5.69 Å². The van der Waals surface area contributed by atoms with E-state index < -0.39 is 0 Å². The Hall–Kier alpha value is -3.06. The summed E-state index contributed by atoms with van der Waals surface area (Å²) in [4.78, 5) is 20.3. The zero-order valence-corrected chi connectivity index (χ0v) is 15.8. The van der Waals surface area contributed by atoms with Crippen molar-refractivity contribution in [1.29, 1.82) is 0 Å². The zero-order chi connectivity index (χ0) is 18.8. The summed E-state index contributed by atoms with van der Waals surface area (Å²) in [7, 11) is 3.20. The number of benzene rings is 1. The van der Waals surface area contributed by atoms with E-state index in [1.807, 2.05) is 41.8 Å². The molecule has 138 valence electrons. The van der Waals surface area contributed by atoms with Gasteiger partial charge in [0.05, 0.1) is 32.0 Å². The van der Waals surface area contributed by atoms with Crippen LogP contribution >= 0.6 is 11.3 Å². The second-order valence-electron chi connectivity index (χ2n) is 6.07. The normalized spacial score (nSPS) is 15.6. The average molecular weight is 381 g/mol. The molecule has 6 nitrogen and oxygen atoms in total. The fraction of sp³-hybridized carbons (Fsp3) is 0.200. The van der Waals surface area contributed by atoms with Crippen molar-refractivity contribution in [2.45, 2.75) is 12.7 Å². The number of anilines is 1. The van der Waals surface area contributed by atoms with Gasteiger partial charge in [-0.25, -0.2) is 0 Å². The van der Waals surface area contributed by atoms with Crippen LogP contribution in [0.3, 0.4) is 0 Å². The molecule has 1 unspecified atom stereocenters. The predicted octanol–water partition coefficient (Wildman–Crippen LogP) is 3.93. The smallest absolute Gasteiger partial charge is 0.258 e. The molecular formula is C20H19N3O3S. The fourth-order valence-corrected chi connectivity index (χ4v) is 3.90. The molecule has 0 aliphatic carbocycles. The molecule has 0 saturated heterocycles. The highest BCUT2D eigenvalue weighted by molar-refractivity contribution is 7.09. The van der Waals surface area contributed by atoms with E-state index in [2.05, 4.69) is 10.3 Å². The van der Waals surface area contributed by atoms with Crippen LogP contribution in [-0.2, 0) is 6.54 Å². The van der Waals surface area contributed by atoms with E-state index in [0.29, 0.717) is 23.6 Å². The molecule has 4 rings (SSSR count). The fourth-order valence-electron chi connectivity index (χ4n) is 3.20. The molecule has 0 radical (unpaired) electrons. The van der Waals surface area contributed by atoms with Crippen LogP contribution in [0.5, 0.6) is 11.5 Å². The Morgan fingerprint density at radius 1 is 1.15 bits per heavy atom. The molecule has 3 heterocycles. The maximum atomic E-state index is 13.0. The minimum absolute atomic E-state index is 0.0236. The van der Waals surface area contributed by atoms with Crippen molar-refractivity contribution in [3.63, 3.8) is 0 Å². The Bertz CT molecular complexity index is 959. The summed E-state index contributed by atoms with van der Waals surface area (Å²) < 4.78 is 10.7. The summed E-state index contributed by atoms with van der Waals surface area (Å²) in [5.41, 5.74) is 2.18. The van der Waals surface area contributed by atoms with Crippen molar-refractivity contribution in [1.82, 2.24) is 9.88 Å². The summed E-state index contributed by atoms with van der Waals surface area (Å²) in [5, 5.41) is 5.44. The molecule has 1 N–H and O–H groups in total. The number of hydrogen-bond donors (Lipinski definition) is 1. The Morgan fingerprint density at radius 3 is 2.74 bits per heavy atom. The lowest BCUT2D eigenvalue weighted by Gasteiger charge is -2.26. The van der Waals surface area contributed by atoms with Crippen molar-refractivity contribution >= 4 is 22.9 Å². The van der Waals surface area contributed by atoms with Crippen LogP contribution < -0.4 is 14.8 Å². The van der Waals surface area contributed by atoms with Gasteiger partial charge in [0.1, 0.15) is 6.17 Å². The quantitative estimate of drug-likeness (QED) is 0.701. The second-order valence-corrected chi connectivity index (χ2v) is 7.10. The molecule has 0 saturated carbocycles. The topological polar surface area (TPSA) is 63.7 Å². The van der Waals surface area contributed by atoms with Gasteiger partial charge in [-0.1, -0.05) is 6.07 Å². The highest BCUT2D eigenvalue weighted by atomic mass is 32.1. The Kier molecular flexibility index (Phi) is 4.68. The molecular weight excluding hydrogens is 362 g/mol. The lowest BCUT2D eigenvalue weighted by Crippen LogP contribution is -2.31. The monoisotopic (exact) mass is 381 g/mol. The molecule has 1 aromatic carbocycles. The van der Waals surface area contributed by atoms with E-state index in [4.69, 9.17) is 9.47 Å². The molecule has 0 spiro atoms. The summed E-state index contributed by atoms with van der Waals surface area (Å²) in [6, 6.07) is 13.2. The number of amides is 1. The van der Waals surface area contributed by atoms with Gasteiger partial charge < -0.3 is 19.7 Å². The van der Waals surface area contributed by atoms with Crippen molar-refractivity contribution in [3.05, 3.63) is 70.2 Å². The third kappa shape index (κ3) is 3.21. The van der Waals surface area contributed by atoms with Crippen LogP contribution in [0.1, 0.15) is 27.1 Å². The number of carbonyl (C=O) groups is 1. The largest absolute Gasteiger partial charge is 0.493 e. The number of hydrogen-bond acceptors (Lipinski definition) is 6. The van der Waals surface area contributed by atoms with Crippen molar-refractivity contribution < 1.29 is 14.3 Å². The van der Waals surface area contributed by atoms with Gasteiger partial charge in [0.2, 0.25) is 0 Å². The van der Waals surface area contributed by atoms with Gasteiger partial charge in [0, 0.05) is 22.8 Å². The number of methoxy groups -OCH3 is 2. The first-order valence-corrected chi connectivity index (χ1v) is 9.36. The number of thiophene rings is 1. The van der Waals surface area contributed by atoms with Gasteiger partial charge in [-0.3, -0.25) is 9.78 Å². The van der Waals surface area contributed by atoms with Crippen LogP contribution in [0.15, 0.2) is 54.0 Å². The maximum absolute atomic E-state index is 13.0. The molecule has 1 atom stereocenters. The molecule has 0 fully saturated rings. The van der Waals surface area contributed by atoms with Gasteiger partial charge in [-0.05, 0) is 35.7 Å². The van der Waals surface area contributed by atoms with E-state index in [9.17, 15) is 4.79 Å². The van der Waals surface area contributed by atoms with Gasteiger partial charge in [0.25, 0.3) is 5.91 Å². The van der Waals surface area contributed by atoms with E-state index in [-0.39, 0.29) is 12.1 Å². The van der Waals surface area contributed by atoms with E-state index in [1.54, 1.807) is 42.7 Å². The predicted molar refractivity (Wildman–Crippen MR) is 104 cm³/mol. The van der Waals surface area contributed by atoms with E-state index >= 15 is 0 Å². The molecule has 1 amide bonds. The van der Waals surface area contributed by atoms with Crippen LogP contribution in [0.25, 0.3) is 0 Å². The minimum Gasteiger partial charge on any atom is -0.493 e. The van der Waals surface area contributed by atoms with Crippen molar-refractivity contribution in [2.75, 3.05) is 19.5 Å². The number of nitrogens with one attached hydrogen (secondary N) is 1. The summed E-state index contributed by atoms with van der Waals surface area (Å²) in [6.45, 7) is 0.526. The maximum Gasteiger partial charge on any atom is 0.258 e. The Labute approximate surface area is 161 Å². The molecule has 27 heavy (non-hydrogen) atoms. The number of fused-ring (bicyclic) bond motifs is 1. The summed E-state index contributed by atoms with van der Waals surface area (Å²) in [6.07, 6.45) is 1.36. The molecule has 3 aromatic rings. The standard InChI is InChI=1S/C20H19N3O3S/c1-25-16-8-7-13(11-17(16)26-2)22-19-18-15(6-3-9-21-18)20(24)23(19)12-14-5-4-10-27-14/h3-11,19,22H,12H2,1-2H3. The molecule has 1 aliphatic rings. The highest BCUT2D eigenvalue weighted by Gasteiger charge is 2.38. The Morgan fingerprint density at radius 2 is 2.00 bits per heavy atom. The van der Waals surface area contributed by atoms with Crippen molar-refractivity contribution in [3.8, 4) is 11.5 Å². The first-order chi connectivity index (χ1) is 13.2. The van der Waals surface area contributed by atoms with Crippen LogP contribution in [0, 0.1) is 0 Å². The lowest BCUT2D eigenvalue weighted by atomic mass is 10.2. The van der Waals surface area contributed by atoms with Gasteiger partial charge in [0.15, 0.2) is 11.5 Å². The average Bonchev–Trinajstić information content (AvgIpc) is 3.31. The summed E-state index contributed by atoms with van der Waals surface area (Å²) in [5.74, 6) is 1.25. The summed E-state index contributed by atoms with van der Waals surface area (Å²) >= 11 is 1.63. The lowest BCUT2D eigenvalue weighted by molar-refractivity contribution is 0.0729. The molecule has 1 aliphatic heterocycles. The van der Waals surface area contributed by atoms with Gasteiger partial charge in [-0.2, -0.15) is 0 Å². The zero-order valence-electron chi connectivity index (χ0n) is 15.0. The first-order valence-electron chi connectivity index (χ1n) is 8.48. The van der Waals surface area contributed by atoms with E-state index in [0.717, 1.165) is 16.3 Å².